The van der Waals surface area contributed by atoms with E-state index in [1.165, 1.54) is 0 Å². The standard InChI is InChI=1S/C31H40N2O7/c1-29-11-9-21(34)14-20(29)5-6-22-23-10-12-31(39,30(23,2)15-24(35)28(22)29)25(36)18-40-27(38)8-7-26(37)33-17-19-4-3-13-32-16-19/h3-4,13-14,16,22-24,28,35,39H,5-12,15,17-18H2,1-2H3,(H,33,37)/t22-,23+,24+,28-,29+,30-,31+/m1/s1. The van der Waals surface area contributed by atoms with Crippen molar-refractivity contribution in [2.45, 2.75) is 89.9 Å². The summed E-state index contributed by atoms with van der Waals surface area (Å²) in [5.74, 6) is -1.22. The largest absolute Gasteiger partial charge is 0.458 e. The second-order valence-corrected chi connectivity index (χ2v) is 12.7. The van der Waals surface area contributed by atoms with Crippen LogP contribution in [0.25, 0.3) is 0 Å². The van der Waals surface area contributed by atoms with Gasteiger partial charge >= 0.3 is 5.97 Å². The van der Waals surface area contributed by atoms with E-state index in [0.717, 1.165) is 30.4 Å². The molecule has 4 aliphatic rings. The van der Waals surface area contributed by atoms with E-state index >= 15 is 0 Å². The average molecular weight is 553 g/mol. The van der Waals surface area contributed by atoms with E-state index in [9.17, 15) is 29.4 Å². The van der Waals surface area contributed by atoms with E-state index in [-0.39, 0.29) is 60.5 Å². The van der Waals surface area contributed by atoms with Crippen LogP contribution >= 0.6 is 0 Å². The predicted octanol–water partition coefficient (Wildman–Crippen LogP) is 2.82. The first-order valence-corrected chi connectivity index (χ1v) is 14.5. The minimum atomic E-state index is -1.70. The third-order valence-corrected chi connectivity index (χ3v) is 10.6. The first-order chi connectivity index (χ1) is 19.0. The summed E-state index contributed by atoms with van der Waals surface area (Å²) >= 11 is 0. The van der Waals surface area contributed by atoms with Crippen LogP contribution < -0.4 is 5.32 Å². The topological polar surface area (TPSA) is 143 Å². The van der Waals surface area contributed by atoms with Gasteiger partial charge in [-0.15, -0.1) is 0 Å². The van der Waals surface area contributed by atoms with Gasteiger partial charge in [0.25, 0.3) is 0 Å². The number of carbonyl (C=O) groups excluding carboxylic acids is 4. The molecule has 1 amide bonds. The summed E-state index contributed by atoms with van der Waals surface area (Å²) in [5.41, 5.74) is -0.819. The maximum Gasteiger partial charge on any atom is 0.306 e. The van der Waals surface area contributed by atoms with Gasteiger partial charge in [-0.3, -0.25) is 24.2 Å². The van der Waals surface area contributed by atoms with Gasteiger partial charge in [0.15, 0.2) is 12.4 Å². The van der Waals surface area contributed by atoms with Crippen molar-refractivity contribution in [3.63, 3.8) is 0 Å². The average Bonchev–Trinajstić information content (AvgIpc) is 3.20. The number of ketones is 2. The second kappa shape index (κ2) is 10.8. The summed E-state index contributed by atoms with van der Waals surface area (Å²) in [6.07, 6.45) is 8.12. The molecule has 1 aromatic rings. The summed E-state index contributed by atoms with van der Waals surface area (Å²) in [6, 6.07) is 3.60. The van der Waals surface area contributed by atoms with Crippen LogP contribution in [0.5, 0.6) is 0 Å². The normalized spacial score (nSPS) is 36.5. The first kappa shape index (κ1) is 28.6. The number of Topliss-reactive ketones (excluding diaryl/α,β-unsaturated/α-hetero) is 1. The molecule has 7 atom stereocenters. The number of rotatable bonds is 8. The van der Waals surface area contributed by atoms with Crippen LogP contribution in [-0.2, 0) is 30.5 Å². The van der Waals surface area contributed by atoms with Crippen molar-refractivity contribution in [3.8, 4) is 0 Å². The zero-order chi connectivity index (χ0) is 28.7. The molecule has 0 spiro atoms. The quantitative estimate of drug-likeness (QED) is 0.418. The lowest BCUT2D eigenvalue weighted by atomic mass is 9.45. The van der Waals surface area contributed by atoms with E-state index in [2.05, 4.69) is 17.2 Å². The molecule has 0 unspecified atom stereocenters. The number of hydrogen-bond acceptors (Lipinski definition) is 8. The highest BCUT2D eigenvalue weighted by molar-refractivity contribution is 5.92. The van der Waals surface area contributed by atoms with E-state index < -0.39 is 35.5 Å². The van der Waals surface area contributed by atoms with Gasteiger partial charge in [0.2, 0.25) is 11.7 Å². The second-order valence-electron chi connectivity index (χ2n) is 12.7. The summed E-state index contributed by atoms with van der Waals surface area (Å²) in [6.45, 7) is 3.80. The van der Waals surface area contributed by atoms with E-state index in [0.29, 0.717) is 19.4 Å². The van der Waals surface area contributed by atoms with E-state index in [1.807, 2.05) is 13.0 Å². The number of hydrogen-bond donors (Lipinski definition) is 3. The van der Waals surface area contributed by atoms with Crippen molar-refractivity contribution < 1.29 is 34.1 Å². The number of allylic oxidation sites excluding steroid dienone is 1. The number of ether oxygens (including phenoxy) is 1. The fourth-order valence-electron chi connectivity index (χ4n) is 8.50. The summed E-state index contributed by atoms with van der Waals surface area (Å²) < 4.78 is 5.21. The maximum atomic E-state index is 13.4. The number of pyridine rings is 1. The number of nitrogens with one attached hydrogen (secondary N) is 1. The van der Waals surface area contributed by atoms with Gasteiger partial charge in [0.1, 0.15) is 5.60 Å². The molecule has 0 saturated heterocycles. The Morgan fingerprint density at radius 2 is 1.95 bits per heavy atom. The van der Waals surface area contributed by atoms with Crippen molar-refractivity contribution >= 4 is 23.4 Å². The molecular weight excluding hydrogens is 512 g/mol. The third-order valence-electron chi connectivity index (χ3n) is 10.6. The van der Waals surface area contributed by atoms with Gasteiger partial charge in [-0.25, -0.2) is 0 Å². The van der Waals surface area contributed by atoms with Gasteiger partial charge in [-0.2, -0.15) is 0 Å². The van der Waals surface area contributed by atoms with Crippen LogP contribution in [0.15, 0.2) is 36.2 Å². The molecule has 0 aromatic carbocycles. The Morgan fingerprint density at radius 3 is 2.70 bits per heavy atom. The Kier molecular flexibility index (Phi) is 7.74. The SMILES string of the molecule is C[C@]12CCC(=O)C=C1CC[C@H]1[C@@H]2[C@@H](O)C[C@]2(C)[C@H]1CC[C@]2(O)C(=O)COC(=O)CCC(=O)NCc1cccnc1. The lowest BCUT2D eigenvalue weighted by Crippen LogP contribution is -2.62. The van der Waals surface area contributed by atoms with Crippen molar-refractivity contribution in [1.29, 1.82) is 0 Å². The Balaban J connectivity index is 1.18. The van der Waals surface area contributed by atoms with E-state index in [4.69, 9.17) is 4.74 Å². The number of aromatic nitrogens is 1. The molecule has 216 valence electrons. The zero-order valence-electron chi connectivity index (χ0n) is 23.4. The minimum absolute atomic E-state index is 0.0155. The molecule has 3 fully saturated rings. The molecule has 5 rings (SSSR count). The summed E-state index contributed by atoms with van der Waals surface area (Å²) in [4.78, 5) is 53.9. The molecule has 1 aromatic heterocycles. The lowest BCUT2D eigenvalue weighted by molar-refractivity contribution is -0.184. The summed E-state index contributed by atoms with van der Waals surface area (Å²) in [7, 11) is 0. The fraction of sp³-hybridized carbons (Fsp3) is 0.645. The number of amides is 1. The van der Waals surface area contributed by atoms with Gasteiger partial charge < -0.3 is 20.3 Å². The molecule has 3 saturated carbocycles. The number of fused-ring (bicyclic) bond motifs is 5. The molecule has 1 heterocycles. The van der Waals surface area contributed by atoms with Crippen molar-refractivity contribution in [3.05, 3.63) is 41.7 Å². The highest BCUT2D eigenvalue weighted by atomic mass is 16.5. The molecule has 0 radical (unpaired) electrons. The van der Waals surface area contributed by atoms with Crippen LogP contribution in [0.4, 0.5) is 0 Å². The first-order valence-electron chi connectivity index (χ1n) is 14.5. The van der Waals surface area contributed by atoms with Crippen molar-refractivity contribution in [2.75, 3.05) is 6.61 Å². The summed E-state index contributed by atoms with van der Waals surface area (Å²) in [5, 5.41) is 26.0. The Labute approximate surface area is 234 Å². The number of esters is 1. The smallest absolute Gasteiger partial charge is 0.306 e. The molecule has 0 aliphatic heterocycles. The lowest BCUT2D eigenvalue weighted by Gasteiger charge is -2.60. The van der Waals surface area contributed by atoms with Gasteiger partial charge in [-0.1, -0.05) is 25.5 Å². The van der Waals surface area contributed by atoms with Gasteiger partial charge in [-0.05, 0) is 79.4 Å². The molecular formula is C31H40N2O7. The predicted molar refractivity (Wildman–Crippen MR) is 144 cm³/mol. The minimum Gasteiger partial charge on any atom is -0.458 e. The number of nitrogens with zero attached hydrogens (tertiary/aromatic N) is 1. The highest BCUT2D eigenvalue weighted by Gasteiger charge is 2.68. The highest BCUT2D eigenvalue weighted by Crippen LogP contribution is 2.67. The monoisotopic (exact) mass is 552 g/mol. The van der Waals surface area contributed by atoms with Crippen LogP contribution in [0, 0.1) is 28.6 Å². The van der Waals surface area contributed by atoms with Gasteiger partial charge in [0, 0.05) is 37.2 Å². The van der Waals surface area contributed by atoms with E-state index in [1.54, 1.807) is 24.5 Å². The molecule has 9 nitrogen and oxygen atoms in total. The Bertz CT molecular complexity index is 1220. The van der Waals surface area contributed by atoms with Crippen LogP contribution in [-0.4, -0.2) is 57.0 Å². The number of carbonyl (C=O) groups is 4. The molecule has 40 heavy (non-hydrogen) atoms. The maximum absolute atomic E-state index is 13.4. The van der Waals surface area contributed by atoms with Crippen LogP contribution in [0.2, 0.25) is 0 Å². The van der Waals surface area contributed by atoms with Crippen LogP contribution in [0.3, 0.4) is 0 Å². The Morgan fingerprint density at radius 1 is 1.15 bits per heavy atom. The number of aliphatic hydroxyl groups is 2. The zero-order valence-corrected chi connectivity index (χ0v) is 23.4. The number of aliphatic hydroxyl groups excluding tert-OH is 1. The molecule has 3 N–H and O–H groups in total. The fourth-order valence-corrected chi connectivity index (χ4v) is 8.50. The third kappa shape index (κ3) is 4.91. The Hall–Kier alpha value is -2.91. The molecule has 9 heteroatoms. The molecule has 4 aliphatic carbocycles. The van der Waals surface area contributed by atoms with Crippen molar-refractivity contribution in [2.24, 2.45) is 28.6 Å². The van der Waals surface area contributed by atoms with Gasteiger partial charge in [0.05, 0.1) is 12.5 Å². The van der Waals surface area contributed by atoms with Crippen molar-refractivity contribution in [1.82, 2.24) is 10.3 Å². The molecule has 0 bridgehead atoms. The van der Waals surface area contributed by atoms with Crippen LogP contribution in [0.1, 0.15) is 77.2 Å².